The van der Waals surface area contributed by atoms with Gasteiger partial charge in [-0.05, 0) is 45.1 Å². The molecule has 0 unspecified atom stereocenters. The van der Waals surface area contributed by atoms with Gasteiger partial charge in [0.25, 0.3) is 0 Å². The van der Waals surface area contributed by atoms with E-state index in [4.69, 9.17) is 0 Å². The molecule has 3 heteroatoms. The van der Waals surface area contributed by atoms with Crippen molar-refractivity contribution < 1.29 is 0 Å². The fraction of sp³-hybridized carbons (Fsp3) is 0.545. The van der Waals surface area contributed by atoms with Crippen LogP contribution in [-0.2, 0) is 0 Å². The van der Waals surface area contributed by atoms with Crippen molar-refractivity contribution in [3.05, 3.63) is 24.4 Å². The van der Waals surface area contributed by atoms with E-state index >= 15 is 0 Å². The number of pyridine rings is 1. The normalized spacial score (nSPS) is 19.5. The van der Waals surface area contributed by atoms with Crippen molar-refractivity contribution in [2.45, 2.75) is 18.9 Å². The molecule has 0 aromatic carbocycles. The van der Waals surface area contributed by atoms with Crippen LogP contribution in [0.3, 0.4) is 0 Å². The molecule has 1 aliphatic rings. The summed E-state index contributed by atoms with van der Waals surface area (Å²) in [6.45, 7) is 2.35. The average molecular weight is 190 g/mol. The lowest BCUT2D eigenvalue weighted by atomic mass is 10.1. The fourth-order valence-corrected chi connectivity index (χ4v) is 1.77. The molecule has 0 spiro atoms. The molecule has 2 heterocycles. The third-order valence-electron chi connectivity index (χ3n) is 2.69. The summed E-state index contributed by atoms with van der Waals surface area (Å²) >= 11 is 0. The fourth-order valence-electron chi connectivity index (χ4n) is 1.77. The van der Waals surface area contributed by atoms with E-state index < -0.39 is 0 Å². The van der Waals surface area contributed by atoms with E-state index in [-0.39, 0.29) is 0 Å². The number of nitrogens with one attached hydrogen (secondary N) is 1. The number of rotatable bonds is 2. The van der Waals surface area contributed by atoms with Crippen molar-refractivity contribution in [1.29, 1.82) is 0 Å². The Bertz CT molecular complexity index is 265. The van der Waals surface area contributed by atoms with E-state index in [1.54, 1.807) is 6.20 Å². The molecule has 0 amide bonds. The summed E-state index contributed by atoms with van der Waals surface area (Å²) < 4.78 is 0. The zero-order valence-corrected chi connectivity index (χ0v) is 8.53. The van der Waals surface area contributed by atoms with Gasteiger partial charge in [-0.15, -0.1) is 0 Å². The molecule has 0 atom stereocenters. The van der Waals surface area contributed by atoms with Crippen molar-refractivity contribution in [3.8, 4) is 0 Å². The van der Waals surface area contributed by atoms with Crippen LogP contribution in [0.4, 0.5) is 5.82 Å². The maximum absolute atomic E-state index is 4.21. The second-order valence-electron chi connectivity index (χ2n) is 3.87. The summed E-state index contributed by atoms with van der Waals surface area (Å²) in [7, 11) is 2.17. The highest BCUT2D eigenvalue weighted by atomic mass is 15.1. The second-order valence-corrected chi connectivity index (χ2v) is 3.87. The minimum absolute atomic E-state index is 0.584. The van der Waals surface area contributed by atoms with Crippen molar-refractivity contribution in [2.24, 2.45) is 0 Å². The molecular formula is C11H16N3. The van der Waals surface area contributed by atoms with E-state index in [2.05, 4.69) is 28.3 Å². The van der Waals surface area contributed by atoms with Gasteiger partial charge in [0.1, 0.15) is 5.82 Å². The van der Waals surface area contributed by atoms with Crippen LogP contribution < -0.4 is 5.32 Å². The topological polar surface area (TPSA) is 28.2 Å². The molecule has 1 aromatic rings. The third kappa shape index (κ3) is 2.45. The maximum Gasteiger partial charge on any atom is 0.126 e. The smallest absolute Gasteiger partial charge is 0.126 e. The second kappa shape index (κ2) is 4.42. The molecule has 0 aliphatic carbocycles. The lowest BCUT2D eigenvalue weighted by Crippen LogP contribution is -2.36. The number of aromatic nitrogens is 1. The number of hydrogen-bond acceptors (Lipinski definition) is 3. The van der Waals surface area contributed by atoms with Gasteiger partial charge in [-0.25, -0.2) is 4.98 Å². The van der Waals surface area contributed by atoms with Gasteiger partial charge in [0.2, 0.25) is 0 Å². The van der Waals surface area contributed by atoms with Gasteiger partial charge in [-0.3, -0.25) is 0 Å². The molecule has 1 radical (unpaired) electrons. The van der Waals surface area contributed by atoms with Gasteiger partial charge in [0.05, 0.1) is 0 Å². The molecule has 1 aromatic heterocycles. The Morgan fingerprint density at radius 2 is 2.29 bits per heavy atom. The van der Waals surface area contributed by atoms with E-state index in [1.807, 2.05) is 12.1 Å². The van der Waals surface area contributed by atoms with Gasteiger partial charge < -0.3 is 10.2 Å². The molecule has 1 aliphatic heterocycles. The van der Waals surface area contributed by atoms with E-state index in [0.717, 1.165) is 5.82 Å². The minimum atomic E-state index is 0.584. The first-order valence-electron chi connectivity index (χ1n) is 5.12. The molecule has 1 saturated heterocycles. The lowest BCUT2D eigenvalue weighted by Gasteiger charge is -2.29. The first-order valence-corrected chi connectivity index (χ1v) is 5.12. The number of likely N-dealkylation sites (tertiary alicyclic amines) is 1. The Morgan fingerprint density at radius 1 is 1.50 bits per heavy atom. The molecule has 0 saturated carbocycles. The zero-order valence-electron chi connectivity index (χ0n) is 8.53. The predicted molar refractivity (Wildman–Crippen MR) is 57.2 cm³/mol. The Balaban J connectivity index is 1.87. The van der Waals surface area contributed by atoms with Crippen LogP contribution in [0.5, 0.6) is 0 Å². The molecule has 14 heavy (non-hydrogen) atoms. The molecular weight excluding hydrogens is 174 g/mol. The first-order chi connectivity index (χ1) is 6.84. The van der Waals surface area contributed by atoms with E-state index in [1.165, 1.54) is 25.9 Å². The standard InChI is InChI=1S/C11H16N3/c1-14-8-5-10(6-9-14)13-11-4-2-3-7-12-11/h2,4,7,10H,5-6,8-9H2,1H3,(H,12,13). The van der Waals surface area contributed by atoms with Crippen LogP contribution in [-0.4, -0.2) is 36.1 Å². The van der Waals surface area contributed by atoms with Gasteiger partial charge >= 0.3 is 0 Å². The molecule has 75 valence electrons. The Labute approximate surface area is 85.1 Å². The summed E-state index contributed by atoms with van der Waals surface area (Å²) in [5, 5.41) is 3.44. The lowest BCUT2D eigenvalue weighted by molar-refractivity contribution is 0.263. The number of piperidine rings is 1. The van der Waals surface area contributed by atoms with Crippen LogP contribution in [0.1, 0.15) is 12.8 Å². The van der Waals surface area contributed by atoms with Crippen molar-refractivity contribution in [2.75, 3.05) is 25.5 Å². The first kappa shape index (κ1) is 9.46. The van der Waals surface area contributed by atoms with Crippen molar-refractivity contribution in [3.63, 3.8) is 0 Å². The molecule has 0 bridgehead atoms. The molecule has 3 nitrogen and oxygen atoms in total. The van der Waals surface area contributed by atoms with Crippen molar-refractivity contribution in [1.82, 2.24) is 9.88 Å². The predicted octanol–water partition coefficient (Wildman–Crippen LogP) is 1.39. The monoisotopic (exact) mass is 190 g/mol. The molecule has 1 fully saturated rings. The number of nitrogens with zero attached hydrogens (tertiary/aromatic N) is 2. The third-order valence-corrected chi connectivity index (χ3v) is 2.69. The van der Waals surface area contributed by atoms with Gasteiger partial charge in [-0.2, -0.15) is 0 Å². The number of anilines is 1. The highest BCUT2D eigenvalue weighted by Gasteiger charge is 2.16. The summed E-state index contributed by atoms with van der Waals surface area (Å²) in [5.74, 6) is 0.971. The highest BCUT2D eigenvalue weighted by Crippen LogP contribution is 2.13. The van der Waals surface area contributed by atoms with Crippen molar-refractivity contribution >= 4 is 5.82 Å². The quantitative estimate of drug-likeness (QED) is 0.763. The summed E-state index contributed by atoms with van der Waals surface area (Å²) in [5.41, 5.74) is 0. The SMILES string of the molecule is CN1CCC(Nc2cc[c]cn2)CC1. The Morgan fingerprint density at radius 3 is 2.93 bits per heavy atom. The van der Waals surface area contributed by atoms with Crippen LogP contribution in [0.15, 0.2) is 18.3 Å². The largest absolute Gasteiger partial charge is 0.367 e. The highest BCUT2D eigenvalue weighted by molar-refractivity contribution is 5.34. The summed E-state index contributed by atoms with van der Waals surface area (Å²) in [6, 6.07) is 7.37. The zero-order chi connectivity index (χ0) is 9.80. The maximum atomic E-state index is 4.21. The van der Waals surface area contributed by atoms with Gasteiger partial charge in [0, 0.05) is 18.3 Å². The van der Waals surface area contributed by atoms with Gasteiger partial charge in [-0.1, -0.05) is 0 Å². The summed E-state index contributed by atoms with van der Waals surface area (Å²) in [4.78, 5) is 6.58. The number of hydrogen-bond donors (Lipinski definition) is 1. The molecule has 2 rings (SSSR count). The van der Waals surface area contributed by atoms with Crippen LogP contribution in [0.25, 0.3) is 0 Å². The van der Waals surface area contributed by atoms with E-state index in [0.29, 0.717) is 6.04 Å². The Kier molecular flexibility index (Phi) is 2.99. The Hall–Kier alpha value is -1.09. The van der Waals surface area contributed by atoms with Crippen LogP contribution in [0.2, 0.25) is 0 Å². The van der Waals surface area contributed by atoms with E-state index in [9.17, 15) is 0 Å². The average Bonchev–Trinajstić information content (AvgIpc) is 2.23. The van der Waals surface area contributed by atoms with Gasteiger partial charge in [0.15, 0.2) is 0 Å². The summed E-state index contributed by atoms with van der Waals surface area (Å²) in [6.07, 6.45) is 4.12. The molecule has 1 N–H and O–H groups in total. The van der Waals surface area contributed by atoms with Crippen LogP contribution in [0, 0.1) is 6.07 Å². The minimum Gasteiger partial charge on any atom is -0.367 e. The van der Waals surface area contributed by atoms with Crippen LogP contribution >= 0.6 is 0 Å².